The van der Waals surface area contributed by atoms with Gasteiger partial charge in [-0.2, -0.15) is 0 Å². The van der Waals surface area contributed by atoms with Crippen LogP contribution < -0.4 is 5.32 Å². The van der Waals surface area contributed by atoms with Crippen molar-refractivity contribution in [1.29, 1.82) is 0 Å². The third-order valence-electron chi connectivity index (χ3n) is 2.42. The van der Waals surface area contributed by atoms with Gasteiger partial charge in [-0.25, -0.2) is 0 Å². The van der Waals surface area contributed by atoms with E-state index in [2.05, 4.69) is 12.2 Å². The highest BCUT2D eigenvalue weighted by Crippen LogP contribution is 2.34. The number of rotatable bonds is 3. The van der Waals surface area contributed by atoms with Crippen LogP contribution in [-0.4, -0.2) is 6.04 Å². The molecule has 0 aliphatic heterocycles. The second-order valence-electron chi connectivity index (χ2n) is 3.55. The minimum absolute atomic E-state index is 0.690. The Morgan fingerprint density at radius 2 is 2.31 bits per heavy atom. The first-order chi connectivity index (χ1) is 6.18. The van der Waals surface area contributed by atoms with Crippen molar-refractivity contribution < 1.29 is 0 Å². The van der Waals surface area contributed by atoms with Crippen molar-refractivity contribution in [1.82, 2.24) is 5.32 Å². The summed E-state index contributed by atoms with van der Waals surface area (Å²) in [5.74, 6) is 0.827. The SMILES string of the molecule is CC1CC1NCc1csc(Cl)c1Cl. The number of hydrogen-bond acceptors (Lipinski definition) is 2. The van der Waals surface area contributed by atoms with Gasteiger partial charge in [0, 0.05) is 12.6 Å². The average molecular weight is 236 g/mol. The third kappa shape index (κ3) is 2.18. The lowest BCUT2D eigenvalue weighted by Gasteiger charge is -2.01. The molecule has 72 valence electrons. The lowest BCUT2D eigenvalue weighted by Crippen LogP contribution is -2.16. The van der Waals surface area contributed by atoms with Gasteiger partial charge in [-0.1, -0.05) is 30.1 Å². The van der Waals surface area contributed by atoms with Crippen molar-refractivity contribution in [3.63, 3.8) is 0 Å². The Bertz CT molecular complexity index is 311. The van der Waals surface area contributed by atoms with Crippen molar-refractivity contribution >= 4 is 34.5 Å². The monoisotopic (exact) mass is 235 g/mol. The lowest BCUT2D eigenvalue weighted by atomic mass is 10.3. The highest BCUT2D eigenvalue weighted by Gasteiger charge is 2.31. The van der Waals surface area contributed by atoms with Gasteiger partial charge in [-0.3, -0.25) is 0 Å². The second kappa shape index (κ2) is 3.77. The van der Waals surface area contributed by atoms with Crippen molar-refractivity contribution in [2.24, 2.45) is 5.92 Å². The van der Waals surface area contributed by atoms with E-state index in [4.69, 9.17) is 23.2 Å². The summed E-state index contributed by atoms with van der Waals surface area (Å²) in [6.45, 7) is 3.09. The summed E-state index contributed by atoms with van der Waals surface area (Å²) in [4.78, 5) is 0. The molecule has 1 aliphatic rings. The van der Waals surface area contributed by atoms with Crippen LogP contribution in [0.5, 0.6) is 0 Å². The molecule has 2 atom stereocenters. The Balaban J connectivity index is 1.90. The third-order valence-corrected chi connectivity index (χ3v) is 4.33. The summed E-state index contributed by atoms with van der Waals surface area (Å²) in [6, 6.07) is 0.690. The maximum atomic E-state index is 5.99. The molecular weight excluding hydrogens is 225 g/mol. The molecule has 1 heterocycles. The van der Waals surface area contributed by atoms with Crippen LogP contribution in [0.3, 0.4) is 0 Å². The molecule has 1 aromatic heterocycles. The maximum absolute atomic E-state index is 5.99. The van der Waals surface area contributed by atoms with Crippen LogP contribution in [0.15, 0.2) is 5.38 Å². The number of halogens is 2. The van der Waals surface area contributed by atoms with Crippen molar-refractivity contribution in [3.8, 4) is 0 Å². The molecule has 1 aliphatic carbocycles. The molecule has 1 nitrogen and oxygen atoms in total. The summed E-state index contributed by atoms with van der Waals surface area (Å²) >= 11 is 13.3. The molecule has 0 amide bonds. The zero-order chi connectivity index (χ0) is 9.42. The number of nitrogens with one attached hydrogen (secondary N) is 1. The van der Waals surface area contributed by atoms with Gasteiger partial charge in [-0.05, 0) is 23.3 Å². The van der Waals surface area contributed by atoms with E-state index in [0.717, 1.165) is 18.0 Å². The maximum Gasteiger partial charge on any atom is 0.112 e. The molecule has 1 aromatic rings. The molecule has 0 bridgehead atoms. The Labute approximate surface area is 92.0 Å². The van der Waals surface area contributed by atoms with Crippen LogP contribution in [0, 0.1) is 5.92 Å². The summed E-state index contributed by atoms with van der Waals surface area (Å²) in [7, 11) is 0. The standard InChI is InChI=1S/C9H11Cl2NS/c1-5-2-7(5)12-3-6-4-13-9(11)8(6)10/h4-5,7,12H,2-3H2,1H3. The van der Waals surface area contributed by atoms with Crippen LogP contribution in [0.1, 0.15) is 18.9 Å². The molecular formula is C9H11Cl2NS. The number of hydrogen-bond donors (Lipinski definition) is 1. The van der Waals surface area contributed by atoms with Gasteiger partial charge >= 0.3 is 0 Å². The van der Waals surface area contributed by atoms with E-state index in [0.29, 0.717) is 15.4 Å². The van der Waals surface area contributed by atoms with E-state index >= 15 is 0 Å². The molecule has 0 aromatic carbocycles. The Hall–Kier alpha value is 0.240. The molecule has 1 N–H and O–H groups in total. The molecule has 4 heteroatoms. The Morgan fingerprint density at radius 1 is 1.62 bits per heavy atom. The predicted molar refractivity (Wildman–Crippen MR) is 58.7 cm³/mol. The zero-order valence-electron chi connectivity index (χ0n) is 7.31. The summed E-state index contributed by atoms with van der Waals surface area (Å²) in [6.07, 6.45) is 1.29. The van der Waals surface area contributed by atoms with Crippen LogP contribution in [0.25, 0.3) is 0 Å². The van der Waals surface area contributed by atoms with E-state index in [1.54, 1.807) is 0 Å². The molecule has 13 heavy (non-hydrogen) atoms. The van der Waals surface area contributed by atoms with E-state index in [-0.39, 0.29) is 0 Å². The van der Waals surface area contributed by atoms with Crippen LogP contribution in [-0.2, 0) is 6.54 Å². The quantitative estimate of drug-likeness (QED) is 0.846. The fourth-order valence-corrected chi connectivity index (χ4v) is 2.58. The second-order valence-corrected chi connectivity index (χ2v) is 5.41. The average Bonchev–Trinajstić information content (AvgIpc) is 2.72. The van der Waals surface area contributed by atoms with Gasteiger partial charge in [-0.15, -0.1) is 11.3 Å². The van der Waals surface area contributed by atoms with E-state index in [9.17, 15) is 0 Å². The normalized spacial score (nSPS) is 26.4. The predicted octanol–water partition coefficient (Wildman–Crippen LogP) is 3.55. The topological polar surface area (TPSA) is 12.0 Å². The van der Waals surface area contributed by atoms with Gasteiger partial charge in [0.2, 0.25) is 0 Å². The first-order valence-electron chi connectivity index (χ1n) is 4.33. The van der Waals surface area contributed by atoms with Gasteiger partial charge < -0.3 is 5.32 Å². The van der Waals surface area contributed by atoms with Crippen LogP contribution >= 0.6 is 34.5 Å². The van der Waals surface area contributed by atoms with E-state index in [1.165, 1.54) is 17.8 Å². The smallest absolute Gasteiger partial charge is 0.112 e. The molecule has 0 spiro atoms. The summed E-state index contributed by atoms with van der Waals surface area (Å²) in [5.41, 5.74) is 1.12. The fourth-order valence-electron chi connectivity index (χ4n) is 1.32. The molecule has 0 radical (unpaired) electrons. The van der Waals surface area contributed by atoms with Crippen LogP contribution in [0.4, 0.5) is 0 Å². The summed E-state index contributed by atoms with van der Waals surface area (Å²) < 4.78 is 0.697. The van der Waals surface area contributed by atoms with Gasteiger partial charge in [0.25, 0.3) is 0 Å². The van der Waals surface area contributed by atoms with Crippen molar-refractivity contribution in [2.45, 2.75) is 25.9 Å². The molecule has 0 saturated heterocycles. The molecule has 2 unspecified atom stereocenters. The Kier molecular flexibility index (Phi) is 2.84. The van der Waals surface area contributed by atoms with E-state index in [1.807, 2.05) is 5.38 Å². The highest BCUT2D eigenvalue weighted by atomic mass is 35.5. The van der Waals surface area contributed by atoms with Gasteiger partial charge in [0.05, 0.1) is 5.02 Å². The van der Waals surface area contributed by atoms with E-state index < -0.39 is 0 Å². The fraction of sp³-hybridized carbons (Fsp3) is 0.556. The first-order valence-corrected chi connectivity index (χ1v) is 5.97. The first kappa shape index (κ1) is 9.78. The highest BCUT2D eigenvalue weighted by molar-refractivity contribution is 7.15. The molecule has 1 saturated carbocycles. The zero-order valence-corrected chi connectivity index (χ0v) is 9.64. The van der Waals surface area contributed by atoms with Crippen LogP contribution in [0.2, 0.25) is 9.36 Å². The molecule has 2 rings (SSSR count). The van der Waals surface area contributed by atoms with Crippen molar-refractivity contribution in [3.05, 3.63) is 20.3 Å². The number of thiophene rings is 1. The Morgan fingerprint density at radius 3 is 2.77 bits per heavy atom. The minimum atomic E-state index is 0.690. The van der Waals surface area contributed by atoms with Gasteiger partial charge in [0.1, 0.15) is 4.34 Å². The summed E-state index contributed by atoms with van der Waals surface area (Å²) in [5, 5.41) is 6.17. The van der Waals surface area contributed by atoms with Gasteiger partial charge in [0.15, 0.2) is 0 Å². The largest absolute Gasteiger partial charge is 0.310 e. The molecule has 1 fully saturated rings. The lowest BCUT2D eigenvalue weighted by molar-refractivity contribution is 0.654. The minimum Gasteiger partial charge on any atom is -0.310 e. The van der Waals surface area contributed by atoms with Crippen molar-refractivity contribution in [2.75, 3.05) is 0 Å².